The molecule has 1 aromatic carbocycles. The van der Waals surface area contributed by atoms with E-state index in [1.165, 1.54) is 17.5 Å². The van der Waals surface area contributed by atoms with E-state index in [1.54, 1.807) is 0 Å². The van der Waals surface area contributed by atoms with E-state index in [4.69, 9.17) is 0 Å². The van der Waals surface area contributed by atoms with Gasteiger partial charge in [-0.05, 0) is 43.3 Å². The summed E-state index contributed by atoms with van der Waals surface area (Å²) < 4.78 is 0. The largest absolute Gasteiger partial charge is 0.315 e. The van der Waals surface area contributed by atoms with E-state index in [2.05, 4.69) is 52.5 Å². The van der Waals surface area contributed by atoms with Crippen LogP contribution in [0, 0.1) is 0 Å². The maximum absolute atomic E-state index is 4.44. The van der Waals surface area contributed by atoms with E-state index >= 15 is 0 Å². The summed E-state index contributed by atoms with van der Waals surface area (Å²) in [5.74, 6) is 0. The summed E-state index contributed by atoms with van der Waals surface area (Å²) in [6.45, 7) is 6.63. The Morgan fingerprint density at radius 2 is 2.19 bits per heavy atom. The Hall–Kier alpha value is -1.71. The summed E-state index contributed by atoms with van der Waals surface area (Å²) in [6.07, 6.45) is 3.11. The molecule has 1 aromatic heterocycles. The fourth-order valence-electron chi connectivity index (χ4n) is 3.05. The average molecular weight is 281 g/mol. The summed E-state index contributed by atoms with van der Waals surface area (Å²) in [4.78, 5) is 7.01. The van der Waals surface area contributed by atoms with Crippen molar-refractivity contribution < 1.29 is 0 Å². The molecule has 1 N–H and O–H groups in total. The molecule has 0 saturated carbocycles. The van der Waals surface area contributed by atoms with Crippen molar-refractivity contribution in [2.75, 3.05) is 19.6 Å². The summed E-state index contributed by atoms with van der Waals surface area (Å²) in [7, 11) is 0. The summed E-state index contributed by atoms with van der Waals surface area (Å²) in [5.41, 5.74) is 3.62. The highest BCUT2D eigenvalue weighted by molar-refractivity contribution is 5.59. The van der Waals surface area contributed by atoms with Gasteiger partial charge in [-0.1, -0.05) is 31.2 Å². The minimum absolute atomic E-state index is 0.675. The van der Waals surface area contributed by atoms with Crippen molar-refractivity contribution >= 4 is 0 Å². The molecule has 3 rings (SSSR count). The van der Waals surface area contributed by atoms with Crippen LogP contribution >= 0.6 is 0 Å². The molecule has 1 atom stereocenters. The average Bonchev–Trinajstić information content (AvgIpc) is 3.08. The molecule has 0 aliphatic carbocycles. The normalized spacial score (nSPS) is 18.3. The number of aromatic nitrogens is 1. The minimum Gasteiger partial charge on any atom is -0.315 e. The molecule has 0 bridgehead atoms. The maximum Gasteiger partial charge on any atom is 0.0702 e. The van der Waals surface area contributed by atoms with Crippen molar-refractivity contribution in [3.63, 3.8) is 0 Å². The lowest BCUT2D eigenvalue weighted by atomic mass is 10.1. The highest BCUT2D eigenvalue weighted by Crippen LogP contribution is 2.20. The van der Waals surface area contributed by atoms with Crippen LogP contribution in [0.2, 0.25) is 0 Å². The summed E-state index contributed by atoms with van der Waals surface area (Å²) in [5, 5.41) is 3.46. The third-order valence-electron chi connectivity index (χ3n) is 4.23. The van der Waals surface area contributed by atoms with Gasteiger partial charge in [0.15, 0.2) is 0 Å². The smallest absolute Gasteiger partial charge is 0.0702 e. The molecule has 110 valence electrons. The molecule has 0 radical (unpaired) electrons. The first-order valence-corrected chi connectivity index (χ1v) is 7.82. The first-order chi connectivity index (χ1) is 10.4. The predicted molar refractivity (Wildman–Crippen MR) is 87.0 cm³/mol. The molecule has 1 fully saturated rings. The van der Waals surface area contributed by atoms with Gasteiger partial charge in [-0.2, -0.15) is 0 Å². The number of pyridine rings is 1. The van der Waals surface area contributed by atoms with Gasteiger partial charge in [0, 0.05) is 30.9 Å². The van der Waals surface area contributed by atoms with Crippen molar-refractivity contribution in [3.8, 4) is 11.3 Å². The molecule has 1 aliphatic rings. The standard InChI is InChI=1S/C18H23N3/c1-2-21(17-9-11-19-13-17)14-15-6-5-7-16(12-15)18-8-3-4-10-20-18/h3-8,10,12,17,19H,2,9,11,13-14H2,1H3/t17-/m1/s1. The van der Waals surface area contributed by atoms with Crippen molar-refractivity contribution in [2.45, 2.75) is 25.9 Å². The third-order valence-corrected chi connectivity index (χ3v) is 4.23. The maximum atomic E-state index is 4.44. The molecule has 2 aromatic rings. The Balaban J connectivity index is 1.76. The van der Waals surface area contributed by atoms with Gasteiger partial charge in [0.1, 0.15) is 0 Å². The minimum atomic E-state index is 0.675. The second-order valence-corrected chi connectivity index (χ2v) is 5.63. The first kappa shape index (κ1) is 14.2. The number of hydrogen-bond donors (Lipinski definition) is 1. The zero-order valence-corrected chi connectivity index (χ0v) is 12.6. The Morgan fingerprint density at radius 3 is 2.90 bits per heavy atom. The second-order valence-electron chi connectivity index (χ2n) is 5.63. The molecule has 0 amide bonds. The van der Waals surface area contributed by atoms with Crippen LogP contribution in [-0.4, -0.2) is 35.6 Å². The van der Waals surface area contributed by atoms with E-state index in [9.17, 15) is 0 Å². The SMILES string of the molecule is CCN(Cc1cccc(-c2ccccn2)c1)[C@@H]1CCNC1. The van der Waals surface area contributed by atoms with Gasteiger partial charge in [-0.25, -0.2) is 0 Å². The lowest BCUT2D eigenvalue weighted by Gasteiger charge is -2.27. The molecule has 0 unspecified atom stereocenters. The molecule has 1 saturated heterocycles. The van der Waals surface area contributed by atoms with Crippen LogP contribution in [0.4, 0.5) is 0 Å². The fourth-order valence-corrected chi connectivity index (χ4v) is 3.05. The van der Waals surface area contributed by atoms with Crippen LogP contribution < -0.4 is 5.32 Å². The number of hydrogen-bond acceptors (Lipinski definition) is 3. The number of benzene rings is 1. The highest BCUT2D eigenvalue weighted by atomic mass is 15.2. The number of rotatable bonds is 5. The van der Waals surface area contributed by atoms with Crippen LogP contribution in [0.1, 0.15) is 18.9 Å². The van der Waals surface area contributed by atoms with Gasteiger partial charge in [-0.3, -0.25) is 9.88 Å². The van der Waals surface area contributed by atoms with E-state index < -0.39 is 0 Å². The molecule has 2 heterocycles. The fraction of sp³-hybridized carbons (Fsp3) is 0.389. The second kappa shape index (κ2) is 6.83. The van der Waals surface area contributed by atoms with Crippen LogP contribution in [0.3, 0.4) is 0 Å². The van der Waals surface area contributed by atoms with Crippen molar-refractivity contribution in [2.24, 2.45) is 0 Å². The zero-order chi connectivity index (χ0) is 14.5. The van der Waals surface area contributed by atoms with Crippen molar-refractivity contribution in [1.82, 2.24) is 15.2 Å². The molecular formula is C18H23N3. The van der Waals surface area contributed by atoms with E-state index in [0.29, 0.717) is 6.04 Å². The van der Waals surface area contributed by atoms with E-state index in [0.717, 1.165) is 31.9 Å². The van der Waals surface area contributed by atoms with Gasteiger partial charge >= 0.3 is 0 Å². The van der Waals surface area contributed by atoms with Crippen molar-refractivity contribution in [3.05, 3.63) is 54.2 Å². The lowest BCUT2D eigenvalue weighted by Crippen LogP contribution is -2.36. The van der Waals surface area contributed by atoms with E-state index in [1.807, 2.05) is 18.3 Å². The van der Waals surface area contributed by atoms with Crippen LogP contribution in [0.5, 0.6) is 0 Å². The first-order valence-electron chi connectivity index (χ1n) is 7.82. The molecule has 21 heavy (non-hydrogen) atoms. The van der Waals surface area contributed by atoms with Gasteiger partial charge in [0.2, 0.25) is 0 Å². The monoisotopic (exact) mass is 281 g/mol. The molecule has 3 heteroatoms. The Kier molecular flexibility index (Phi) is 4.63. The topological polar surface area (TPSA) is 28.2 Å². The van der Waals surface area contributed by atoms with Crippen LogP contribution in [0.25, 0.3) is 11.3 Å². The van der Waals surface area contributed by atoms with Gasteiger partial charge in [0.05, 0.1) is 5.69 Å². The predicted octanol–water partition coefficient (Wildman–Crippen LogP) is 2.93. The van der Waals surface area contributed by atoms with Crippen LogP contribution in [-0.2, 0) is 6.54 Å². The van der Waals surface area contributed by atoms with E-state index in [-0.39, 0.29) is 0 Å². The number of nitrogens with one attached hydrogen (secondary N) is 1. The molecular weight excluding hydrogens is 258 g/mol. The Bertz CT molecular complexity index is 562. The molecule has 0 spiro atoms. The van der Waals surface area contributed by atoms with Crippen LogP contribution in [0.15, 0.2) is 48.7 Å². The highest BCUT2D eigenvalue weighted by Gasteiger charge is 2.20. The molecule has 1 aliphatic heterocycles. The zero-order valence-electron chi connectivity index (χ0n) is 12.6. The quantitative estimate of drug-likeness (QED) is 0.913. The third kappa shape index (κ3) is 3.49. The Labute approximate surface area is 127 Å². The summed E-state index contributed by atoms with van der Waals surface area (Å²) in [6, 6.07) is 15.5. The van der Waals surface area contributed by atoms with Gasteiger partial charge in [0.25, 0.3) is 0 Å². The number of nitrogens with zero attached hydrogens (tertiary/aromatic N) is 2. The summed E-state index contributed by atoms with van der Waals surface area (Å²) >= 11 is 0. The Morgan fingerprint density at radius 1 is 1.24 bits per heavy atom. The van der Waals surface area contributed by atoms with Crippen molar-refractivity contribution in [1.29, 1.82) is 0 Å². The van der Waals surface area contributed by atoms with Gasteiger partial charge in [-0.15, -0.1) is 0 Å². The molecule has 3 nitrogen and oxygen atoms in total. The lowest BCUT2D eigenvalue weighted by molar-refractivity contribution is 0.210. The number of likely N-dealkylation sites (N-methyl/N-ethyl adjacent to an activating group) is 1. The van der Waals surface area contributed by atoms with Gasteiger partial charge < -0.3 is 5.32 Å².